The van der Waals surface area contributed by atoms with E-state index >= 15 is 0 Å². The van der Waals surface area contributed by atoms with Crippen LogP contribution in [0.4, 0.5) is 0 Å². The van der Waals surface area contributed by atoms with E-state index in [1.807, 2.05) is 6.92 Å². The van der Waals surface area contributed by atoms with E-state index in [9.17, 15) is 4.79 Å². The number of carbonyl (C=O) groups is 1. The number of carboxylic acid groups (broad SMARTS) is 1. The fourth-order valence-electron chi connectivity index (χ4n) is 2.38. The third-order valence-corrected chi connectivity index (χ3v) is 4.05. The maximum absolute atomic E-state index is 10.8. The number of nitrogens with one attached hydrogen (secondary N) is 1. The molecule has 1 rings (SSSR count). The van der Waals surface area contributed by atoms with Gasteiger partial charge in [-0.25, -0.2) is 0 Å². The highest BCUT2D eigenvalue weighted by molar-refractivity contribution is 5.70. The largest absolute Gasteiger partial charge is 0.481 e. The Morgan fingerprint density at radius 3 is 2.38 bits per heavy atom. The van der Waals surface area contributed by atoms with Crippen molar-refractivity contribution in [1.82, 2.24) is 5.32 Å². The Hall–Kier alpha value is -0.570. The first-order valence-electron chi connectivity index (χ1n) is 6.41. The van der Waals surface area contributed by atoms with Crippen molar-refractivity contribution in [2.75, 3.05) is 6.54 Å². The fraction of sp³-hybridized carbons (Fsp3) is 0.923. The van der Waals surface area contributed by atoms with Crippen molar-refractivity contribution >= 4 is 5.97 Å². The van der Waals surface area contributed by atoms with Gasteiger partial charge in [-0.15, -0.1) is 0 Å². The SMILES string of the molecule is CC(NCC1(C)CCCCC1)C(C)C(=O)O. The lowest BCUT2D eigenvalue weighted by molar-refractivity contribution is -0.142. The second-order valence-electron chi connectivity index (χ2n) is 5.67. The van der Waals surface area contributed by atoms with Crippen LogP contribution in [-0.4, -0.2) is 23.7 Å². The van der Waals surface area contributed by atoms with Crippen LogP contribution in [-0.2, 0) is 4.79 Å². The molecular formula is C13H25NO2. The van der Waals surface area contributed by atoms with Crippen LogP contribution in [0.25, 0.3) is 0 Å². The molecule has 0 aromatic rings. The lowest BCUT2D eigenvalue weighted by atomic mass is 9.75. The van der Waals surface area contributed by atoms with Gasteiger partial charge in [-0.3, -0.25) is 4.79 Å². The van der Waals surface area contributed by atoms with Gasteiger partial charge in [0.05, 0.1) is 5.92 Å². The van der Waals surface area contributed by atoms with Crippen LogP contribution >= 0.6 is 0 Å². The first kappa shape index (κ1) is 13.5. The molecule has 3 heteroatoms. The minimum atomic E-state index is -0.714. The lowest BCUT2D eigenvalue weighted by Gasteiger charge is -2.35. The van der Waals surface area contributed by atoms with Crippen LogP contribution < -0.4 is 5.32 Å². The Balaban J connectivity index is 2.35. The van der Waals surface area contributed by atoms with E-state index in [-0.39, 0.29) is 12.0 Å². The summed E-state index contributed by atoms with van der Waals surface area (Å²) in [6.07, 6.45) is 6.54. The third kappa shape index (κ3) is 3.78. The first-order chi connectivity index (χ1) is 7.44. The number of carboxylic acids is 1. The molecule has 0 aliphatic heterocycles. The lowest BCUT2D eigenvalue weighted by Crippen LogP contribution is -2.42. The Labute approximate surface area is 98.6 Å². The van der Waals surface area contributed by atoms with Crippen LogP contribution in [0.3, 0.4) is 0 Å². The summed E-state index contributed by atoms with van der Waals surface area (Å²) in [5.41, 5.74) is 0.380. The van der Waals surface area contributed by atoms with Gasteiger partial charge in [0.25, 0.3) is 0 Å². The van der Waals surface area contributed by atoms with Crippen LogP contribution in [0.1, 0.15) is 52.9 Å². The van der Waals surface area contributed by atoms with E-state index in [1.165, 1.54) is 32.1 Å². The molecule has 0 amide bonds. The standard InChI is InChI=1S/C13H25NO2/c1-10(12(15)16)11(2)14-9-13(3)7-5-4-6-8-13/h10-11,14H,4-9H2,1-3H3,(H,15,16). The molecule has 3 nitrogen and oxygen atoms in total. The first-order valence-corrected chi connectivity index (χ1v) is 6.41. The van der Waals surface area contributed by atoms with Crippen LogP contribution in [0, 0.1) is 11.3 Å². The van der Waals surface area contributed by atoms with E-state index in [1.54, 1.807) is 6.92 Å². The van der Waals surface area contributed by atoms with Crippen LogP contribution in [0.15, 0.2) is 0 Å². The zero-order valence-electron chi connectivity index (χ0n) is 10.8. The maximum atomic E-state index is 10.8. The number of aliphatic carboxylic acids is 1. The molecule has 1 fully saturated rings. The minimum absolute atomic E-state index is 0.0521. The summed E-state index contributed by atoms with van der Waals surface area (Å²) in [6.45, 7) is 7.00. The summed E-state index contributed by atoms with van der Waals surface area (Å²) in [4.78, 5) is 10.8. The molecule has 16 heavy (non-hydrogen) atoms. The van der Waals surface area contributed by atoms with Gasteiger partial charge in [-0.2, -0.15) is 0 Å². The van der Waals surface area contributed by atoms with E-state index < -0.39 is 5.97 Å². The second-order valence-corrected chi connectivity index (χ2v) is 5.67. The van der Waals surface area contributed by atoms with Crippen LogP contribution in [0.5, 0.6) is 0 Å². The monoisotopic (exact) mass is 227 g/mol. The molecule has 1 saturated carbocycles. The summed E-state index contributed by atoms with van der Waals surface area (Å²) >= 11 is 0. The predicted molar refractivity (Wildman–Crippen MR) is 65.5 cm³/mol. The van der Waals surface area contributed by atoms with Gasteiger partial charge in [0.2, 0.25) is 0 Å². The minimum Gasteiger partial charge on any atom is -0.481 e. The number of hydrogen-bond donors (Lipinski definition) is 2. The molecule has 2 unspecified atom stereocenters. The zero-order chi connectivity index (χ0) is 12.2. The van der Waals surface area contributed by atoms with Crippen molar-refractivity contribution < 1.29 is 9.90 Å². The molecule has 2 N–H and O–H groups in total. The average molecular weight is 227 g/mol. The molecule has 0 spiro atoms. The molecule has 0 radical (unpaired) electrons. The Morgan fingerprint density at radius 1 is 1.31 bits per heavy atom. The van der Waals surface area contributed by atoms with Gasteiger partial charge in [0.15, 0.2) is 0 Å². The molecule has 0 aromatic heterocycles. The normalized spacial score (nSPS) is 23.7. The van der Waals surface area contributed by atoms with Gasteiger partial charge in [0, 0.05) is 12.6 Å². The smallest absolute Gasteiger partial charge is 0.307 e. The van der Waals surface area contributed by atoms with E-state index in [2.05, 4.69) is 12.2 Å². The molecule has 0 heterocycles. The average Bonchev–Trinajstić information content (AvgIpc) is 2.26. The van der Waals surface area contributed by atoms with Gasteiger partial charge < -0.3 is 10.4 Å². The fourth-order valence-corrected chi connectivity index (χ4v) is 2.38. The van der Waals surface area contributed by atoms with Crippen LogP contribution in [0.2, 0.25) is 0 Å². The molecule has 0 bridgehead atoms. The molecule has 1 aliphatic carbocycles. The summed E-state index contributed by atoms with van der Waals surface area (Å²) < 4.78 is 0. The topological polar surface area (TPSA) is 49.3 Å². The Kier molecular flexibility index (Phi) is 4.78. The van der Waals surface area contributed by atoms with Crippen molar-refractivity contribution in [2.45, 2.75) is 58.9 Å². The van der Waals surface area contributed by atoms with E-state index in [0.29, 0.717) is 5.41 Å². The zero-order valence-corrected chi connectivity index (χ0v) is 10.8. The Morgan fingerprint density at radius 2 is 1.88 bits per heavy atom. The Bertz CT molecular complexity index is 234. The van der Waals surface area contributed by atoms with Crippen molar-refractivity contribution in [3.63, 3.8) is 0 Å². The summed E-state index contributed by atoms with van der Waals surface area (Å²) in [7, 11) is 0. The van der Waals surface area contributed by atoms with E-state index in [0.717, 1.165) is 6.54 Å². The van der Waals surface area contributed by atoms with Gasteiger partial charge in [-0.05, 0) is 25.2 Å². The number of hydrogen-bond acceptors (Lipinski definition) is 2. The quantitative estimate of drug-likeness (QED) is 0.759. The highest BCUT2D eigenvalue weighted by atomic mass is 16.4. The molecular weight excluding hydrogens is 202 g/mol. The van der Waals surface area contributed by atoms with Crippen molar-refractivity contribution in [3.05, 3.63) is 0 Å². The van der Waals surface area contributed by atoms with Crippen molar-refractivity contribution in [1.29, 1.82) is 0 Å². The molecule has 0 aromatic carbocycles. The third-order valence-electron chi connectivity index (χ3n) is 4.05. The summed E-state index contributed by atoms with van der Waals surface area (Å²) in [5.74, 6) is -1.03. The second kappa shape index (κ2) is 5.67. The van der Waals surface area contributed by atoms with Gasteiger partial charge in [0.1, 0.15) is 0 Å². The van der Waals surface area contributed by atoms with Gasteiger partial charge in [-0.1, -0.05) is 33.1 Å². The van der Waals surface area contributed by atoms with Crippen molar-refractivity contribution in [3.8, 4) is 0 Å². The molecule has 1 aliphatic rings. The highest BCUT2D eigenvalue weighted by Crippen LogP contribution is 2.35. The molecule has 2 atom stereocenters. The predicted octanol–water partition coefficient (Wildman–Crippen LogP) is 2.66. The maximum Gasteiger partial charge on any atom is 0.307 e. The highest BCUT2D eigenvalue weighted by Gasteiger charge is 2.28. The molecule has 0 saturated heterocycles. The molecule has 94 valence electrons. The summed E-state index contributed by atoms with van der Waals surface area (Å²) in [5, 5.41) is 12.3. The van der Waals surface area contributed by atoms with Crippen molar-refractivity contribution in [2.24, 2.45) is 11.3 Å². The van der Waals surface area contributed by atoms with Gasteiger partial charge >= 0.3 is 5.97 Å². The number of rotatable bonds is 5. The summed E-state index contributed by atoms with van der Waals surface area (Å²) in [6, 6.07) is 0.0521. The van der Waals surface area contributed by atoms with E-state index in [4.69, 9.17) is 5.11 Å².